The summed E-state index contributed by atoms with van der Waals surface area (Å²) in [5.74, 6) is 2.09. The number of para-hydroxylation sites is 2. The first kappa shape index (κ1) is 25.9. The van der Waals surface area contributed by atoms with Gasteiger partial charge in [-0.2, -0.15) is 0 Å². The van der Waals surface area contributed by atoms with E-state index >= 15 is 0 Å². The lowest BCUT2D eigenvalue weighted by atomic mass is 9.62. The fraction of sp³-hybridized carbons (Fsp3) is 0.265. The molecule has 2 bridgehead atoms. The number of fused-ring (bicyclic) bond motifs is 6. The van der Waals surface area contributed by atoms with Gasteiger partial charge in [-0.05, 0) is 73.8 Å². The number of carbonyl (C=O) groups excluding carboxylic acids is 1. The van der Waals surface area contributed by atoms with E-state index in [0.717, 1.165) is 6.07 Å². The zero-order chi connectivity index (χ0) is 29.2. The lowest BCUT2D eigenvalue weighted by Crippen LogP contribution is -2.47. The molecule has 1 amide bonds. The molecule has 3 fully saturated rings. The summed E-state index contributed by atoms with van der Waals surface area (Å²) in [7, 11) is 0. The van der Waals surface area contributed by atoms with E-state index in [0.29, 0.717) is 74.4 Å². The van der Waals surface area contributed by atoms with E-state index in [1.54, 1.807) is 30.5 Å². The average molecular weight is 578 g/mol. The van der Waals surface area contributed by atoms with Gasteiger partial charge >= 0.3 is 0 Å². The zero-order valence-electron chi connectivity index (χ0n) is 23.5. The number of ether oxygens (including phenoxy) is 1. The third kappa shape index (κ3) is 4.42. The van der Waals surface area contributed by atoms with Crippen LogP contribution in [0.2, 0.25) is 0 Å². The van der Waals surface area contributed by atoms with E-state index < -0.39 is 11.6 Å². The lowest BCUT2D eigenvalue weighted by Gasteiger charge is -2.47. The van der Waals surface area contributed by atoms with E-state index in [-0.39, 0.29) is 17.5 Å². The van der Waals surface area contributed by atoms with Crippen LogP contribution in [0, 0.1) is 29.4 Å². The number of hydrogen-bond donors (Lipinski definition) is 3. The molecule has 3 saturated carbocycles. The molecule has 0 radical (unpaired) electrons. The minimum absolute atomic E-state index is 0.196. The predicted octanol–water partition coefficient (Wildman–Crippen LogP) is 8.16. The van der Waals surface area contributed by atoms with Crippen LogP contribution in [-0.4, -0.2) is 26.9 Å². The number of rotatable bonds is 4. The highest BCUT2D eigenvalue weighted by Gasteiger charge is 2.41. The maximum Gasteiger partial charge on any atom is 0.259 e. The fourth-order valence-corrected chi connectivity index (χ4v) is 7.22. The molecular formula is C34H29F2N5O2. The van der Waals surface area contributed by atoms with E-state index in [2.05, 4.69) is 22.5 Å². The molecule has 9 rings (SSSR count). The molecule has 4 aliphatic rings. The first-order valence-corrected chi connectivity index (χ1v) is 14.8. The number of aromatic nitrogens is 3. The number of H-pyrrole nitrogens is 1. The van der Waals surface area contributed by atoms with Crippen LogP contribution in [0.15, 0.2) is 66.9 Å². The summed E-state index contributed by atoms with van der Waals surface area (Å²) >= 11 is 0. The van der Waals surface area contributed by atoms with Crippen LogP contribution in [-0.2, 0) is 0 Å². The summed E-state index contributed by atoms with van der Waals surface area (Å²) in [4.78, 5) is 25.7. The van der Waals surface area contributed by atoms with Crippen molar-refractivity contribution in [2.75, 3.05) is 10.6 Å². The van der Waals surface area contributed by atoms with Crippen molar-refractivity contribution in [3.8, 4) is 34.1 Å². The highest BCUT2D eigenvalue weighted by molar-refractivity contribution is 6.08. The molecular weight excluding hydrogens is 548 g/mol. The van der Waals surface area contributed by atoms with Gasteiger partial charge in [0.2, 0.25) is 0 Å². The Morgan fingerprint density at radius 2 is 1.72 bits per heavy atom. The smallest absolute Gasteiger partial charge is 0.259 e. The van der Waals surface area contributed by atoms with Crippen molar-refractivity contribution in [1.29, 1.82) is 0 Å². The number of hydrogen-bond acceptors (Lipinski definition) is 5. The van der Waals surface area contributed by atoms with Gasteiger partial charge in [0.15, 0.2) is 11.6 Å². The van der Waals surface area contributed by atoms with Crippen molar-refractivity contribution in [3.05, 3.63) is 84.1 Å². The molecule has 3 N–H and O–H groups in total. The molecule has 216 valence electrons. The third-order valence-electron chi connectivity index (χ3n) is 9.50. The quantitative estimate of drug-likeness (QED) is 0.200. The zero-order valence-corrected chi connectivity index (χ0v) is 23.5. The van der Waals surface area contributed by atoms with Crippen molar-refractivity contribution >= 4 is 28.3 Å². The Balaban J connectivity index is 1.25. The topological polar surface area (TPSA) is 91.9 Å². The summed E-state index contributed by atoms with van der Waals surface area (Å²) in [6.45, 7) is 2.31. The van der Waals surface area contributed by atoms with Crippen LogP contribution in [0.3, 0.4) is 0 Å². The first-order chi connectivity index (χ1) is 20.9. The highest BCUT2D eigenvalue weighted by Crippen LogP contribution is 2.46. The van der Waals surface area contributed by atoms with Crippen LogP contribution in [0.4, 0.5) is 20.3 Å². The number of nitrogens with zero attached hydrogens (tertiary/aromatic N) is 2. The second-order valence-electron chi connectivity index (χ2n) is 11.9. The minimum atomic E-state index is -0.677. The van der Waals surface area contributed by atoms with Crippen LogP contribution >= 0.6 is 0 Å². The third-order valence-corrected chi connectivity index (χ3v) is 9.50. The number of halogens is 2. The number of nitrogens with one attached hydrogen (secondary N) is 3. The van der Waals surface area contributed by atoms with E-state index in [4.69, 9.17) is 14.7 Å². The van der Waals surface area contributed by atoms with Crippen molar-refractivity contribution in [1.82, 2.24) is 15.0 Å². The molecule has 7 nitrogen and oxygen atoms in total. The van der Waals surface area contributed by atoms with Crippen LogP contribution in [0.5, 0.6) is 11.5 Å². The summed E-state index contributed by atoms with van der Waals surface area (Å²) in [5.41, 5.74) is 3.00. The van der Waals surface area contributed by atoms with Gasteiger partial charge in [0.05, 0.1) is 22.5 Å². The van der Waals surface area contributed by atoms with Crippen molar-refractivity contribution in [2.45, 2.75) is 38.6 Å². The van der Waals surface area contributed by atoms with Crippen LogP contribution < -0.4 is 15.4 Å². The maximum absolute atomic E-state index is 14.6. The number of aromatic amines is 1. The van der Waals surface area contributed by atoms with Gasteiger partial charge in [-0.1, -0.05) is 25.1 Å². The molecule has 5 aromatic rings. The number of benzene rings is 3. The molecule has 9 heteroatoms. The maximum atomic E-state index is 14.6. The molecule has 2 atom stereocenters. The first-order valence-electron chi connectivity index (χ1n) is 14.8. The Kier molecular flexibility index (Phi) is 5.96. The Bertz CT molecular complexity index is 1910. The standard InChI is InChI=1S/C34H29F2N5O2/c1-17-18-6-8-19(9-7-18)31(17)40-30-15-27(38-33(41-30)24-16-37-32-23(24)13-21(35)14-25(32)36)20-10-11-22-29(12-20)43-28-5-3-2-4-26(28)39-34(22)42/h2-5,10-19,31,37H,6-9H2,1H3,(H,39,42)(H,38,40,41)/t17-,18?,19?,31+/m0/s1. The van der Waals surface area contributed by atoms with E-state index in [1.807, 2.05) is 24.3 Å². The van der Waals surface area contributed by atoms with Gasteiger partial charge in [-0.15, -0.1) is 0 Å². The number of anilines is 2. The molecule has 3 aliphatic carbocycles. The van der Waals surface area contributed by atoms with Gasteiger partial charge in [-0.25, -0.2) is 18.7 Å². The molecule has 2 aromatic heterocycles. The van der Waals surface area contributed by atoms with Crippen molar-refractivity contribution in [3.63, 3.8) is 0 Å². The summed E-state index contributed by atoms with van der Waals surface area (Å²) in [6, 6.07) is 17.0. The molecule has 0 unspecified atom stereocenters. The summed E-state index contributed by atoms with van der Waals surface area (Å²) in [6.07, 6.45) is 6.54. The van der Waals surface area contributed by atoms with Crippen molar-refractivity contribution in [2.24, 2.45) is 17.8 Å². The summed E-state index contributed by atoms with van der Waals surface area (Å²) < 4.78 is 35.1. The monoisotopic (exact) mass is 577 g/mol. The molecule has 43 heavy (non-hydrogen) atoms. The average Bonchev–Trinajstić information content (AvgIpc) is 3.38. The largest absolute Gasteiger partial charge is 0.454 e. The summed E-state index contributed by atoms with van der Waals surface area (Å²) in [5, 5.41) is 7.00. The molecule has 0 saturated heterocycles. The number of amides is 1. The minimum Gasteiger partial charge on any atom is -0.454 e. The predicted molar refractivity (Wildman–Crippen MR) is 161 cm³/mol. The second kappa shape index (κ2) is 9.90. The molecule has 3 heterocycles. The van der Waals surface area contributed by atoms with E-state index in [9.17, 15) is 13.6 Å². The Morgan fingerprint density at radius 3 is 2.56 bits per heavy atom. The lowest BCUT2D eigenvalue weighted by molar-refractivity contribution is 0.0928. The molecule has 3 aromatic carbocycles. The number of carbonyl (C=O) groups is 1. The van der Waals surface area contributed by atoms with Gasteiger partial charge < -0.3 is 20.4 Å². The Labute approximate surface area is 246 Å². The van der Waals surface area contributed by atoms with Gasteiger partial charge in [-0.3, -0.25) is 4.79 Å². The van der Waals surface area contributed by atoms with Crippen molar-refractivity contribution < 1.29 is 18.3 Å². The second-order valence-corrected chi connectivity index (χ2v) is 11.9. The van der Waals surface area contributed by atoms with E-state index in [1.165, 1.54) is 31.7 Å². The molecule has 1 aliphatic heterocycles. The SMILES string of the molecule is C[C@H]1C2CCC(CC2)[C@@H]1Nc1cc(-c2ccc3c(c2)Oc2ccccc2NC3=O)nc(-c2c[nH]c3c(F)cc(F)cc23)n1. The fourth-order valence-electron chi connectivity index (χ4n) is 7.22. The van der Waals surface area contributed by atoms with Crippen LogP contribution in [0.1, 0.15) is 43.0 Å². The van der Waals surface area contributed by atoms with Gasteiger partial charge in [0, 0.05) is 40.9 Å². The van der Waals surface area contributed by atoms with Crippen LogP contribution in [0.25, 0.3) is 33.5 Å². The van der Waals surface area contributed by atoms with Gasteiger partial charge in [0.1, 0.15) is 23.2 Å². The normalized spacial score (nSPS) is 22.3. The Morgan fingerprint density at radius 1 is 0.907 bits per heavy atom. The van der Waals surface area contributed by atoms with Gasteiger partial charge in [0.25, 0.3) is 5.91 Å². The Hall–Kier alpha value is -4.79. The molecule has 0 spiro atoms. The highest BCUT2D eigenvalue weighted by atomic mass is 19.1.